The molecule has 2 aromatic carbocycles. The van der Waals surface area contributed by atoms with E-state index >= 15 is 0 Å². The summed E-state index contributed by atoms with van der Waals surface area (Å²) in [6.45, 7) is 0. The van der Waals surface area contributed by atoms with Crippen molar-refractivity contribution < 1.29 is 19.0 Å². The number of nitrogens with zero attached hydrogens (tertiary/aromatic N) is 2. The largest absolute Gasteiger partial charge is 0.493 e. The van der Waals surface area contributed by atoms with Gasteiger partial charge in [0.1, 0.15) is 11.4 Å². The molecule has 0 aliphatic heterocycles. The average molecular weight is 383 g/mol. The lowest BCUT2D eigenvalue weighted by atomic mass is 10.2. The molecule has 142 valence electrons. The quantitative estimate of drug-likeness (QED) is 0.528. The van der Waals surface area contributed by atoms with E-state index in [-0.39, 0.29) is 16.8 Å². The lowest BCUT2D eigenvalue weighted by Crippen LogP contribution is -2.31. The number of aromatic hydroxyl groups is 1. The highest BCUT2D eigenvalue weighted by molar-refractivity contribution is 5.91. The Morgan fingerprint density at radius 1 is 1.21 bits per heavy atom. The topological polar surface area (TPSA) is 114 Å². The number of esters is 1. The lowest BCUT2D eigenvalue weighted by molar-refractivity contribution is 0.0600. The van der Waals surface area contributed by atoms with Gasteiger partial charge in [-0.15, -0.1) is 0 Å². The predicted molar refractivity (Wildman–Crippen MR) is 99.3 cm³/mol. The van der Waals surface area contributed by atoms with E-state index in [2.05, 4.69) is 14.7 Å². The Bertz CT molecular complexity index is 1180. The number of carbonyl (C=O) groups is 1. The molecule has 0 aliphatic carbocycles. The van der Waals surface area contributed by atoms with Gasteiger partial charge in [0, 0.05) is 6.21 Å². The van der Waals surface area contributed by atoms with E-state index in [1.165, 1.54) is 31.4 Å². The first-order chi connectivity index (χ1) is 13.4. The van der Waals surface area contributed by atoms with Crippen molar-refractivity contribution in [3.63, 3.8) is 0 Å². The first-order valence-electron chi connectivity index (χ1n) is 7.97. The Morgan fingerprint density at radius 3 is 2.61 bits per heavy atom. The van der Waals surface area contributed by atoms with Crippen LogP contribution in [-0.4, -0.2) is 34.0 Å². The maximum Gasteiger partial charge on any atom is 0.337 e. The summed E-state index contributed by atoms with van der Waals surface area (Å²) in [4.78, 5) is 41.9. The number of methoxy groups -OCH3 is 1. The van der Waals surface area contributed by atoms with Gasteiger partial charge in [-0.1, -0.05) is 6.07 Å². The van der Waals surface area contributed by atoms with E-state index in [9.17, 15) is 23.9 Å². The van der Waals surface area contributed by atoms with Gasteiger partial charge in [-0.25, -0.2) is 18.5 Å². The third-order valence-electron chi connectivity index (χ3n) is 3.82. The molecule has 1 aromatic heterocycles. The van der Waals surface area contributed by atoms with Crippen LogP contribution in [0.2, 0.25) is 0 Å². The van der Waals surface area contributed by atoms with Crippen molar-refractivity contribution in [3.8, 4) is 11.6 Å². The maximum atomic E-state index is 13.1. The van der Waals surface area contributed by atoms with Crippen LogP contribution in [0.25, 0.3) is 5.69 Å². The molecule has 0 aliphatic rings. The van der Waals surface area contributed by atoms with Crippen molar-refractivity contribution in [1.82, 2.24) is 9.55 Å². The van der Waals surface area contributed by atoms with E-state index in [4.69, 9.17) is 0 Å². The SMILES string of the molecule is COC(=O)c1cccc(N=Cc2c(O)n(-c3ccc(F)cc3)c(=O)[nH]c2=O)c1. The molecule has 0 spiro atoms. The number of carbonyl (C=O) groups excluding carboxylic acids is 1. The number of ether oxygens (including phenoxy) is 1. The molecule has 0 amide bonds. The van der Waals surface area contributed by atoms with Gasteiger partial charge in [-0.3, -0.25) is 14.8 Å². The molecule has 3 aromatic rings. The van der Waals surface area contributed by atoms with Crippen molar-refractivity contribution in [2.24, 2.45) is 4.99 Å². The highest BCUT2D eigenvalue weighted by atomic mass is 19.1. The van der Waals surface area contributed by atoms with Gasteiger partial charge in [0.25, 0.3) is 5.56 Å². The average Bonchev–Trinajstić information content (AvgIpc) is 2.68. The number of aromatic amines is 1. The summed E-state index contributed by atoms with van der Waals surface area (Å²) in [5.41, 5.74) is -1.30. The van der Waals surface area contributed by atoms with Crippen LogP contribution in [0, 0.1) is 5.82 Å². The Kier molecular flexibility index (Phi) is 5.16. The van der Waals surface area contributed by atoms with Gasteiger partial charge in [0.05, 0.1) is 24.0 Å². The summed E-state index contributed by atoms with van der Waals surface area (Å²) in [6.07, 6.45) is 1.06. The standard InChI is InChI=1S/C19H14FN3O5/c1-28-18(26)11-3-2-4-13(9-11)21-10-15-16(24)22-19(27)23(17(15)25)14-7-5-12(20)6-8-14/h2-10,25H,1H3,(H,22,24,27). The normalized spacial score (nSPS) is 10.9. The highest BCUT2D eigenvalue weighted by Gasteiger charge is 2.14. The minimum atomic E-state index is -0.890. The van der Waals surface area contributed by atoms with Crippen LogP contribution in [0.1, 0.15) is 15.9 Å². The lowest BCUT2D eigenvalue weighted by Gasteiger charge is -2.09. The molecule has 1 heterocycles. The van der Waals surface area contributed by atoms with Crippen LogP contribution in [0.5, 0.6) is 5.88 Å². The van der Waals surface area contributed by atoms with Crippen LogP contribution in [0.15, 0.2) is 63.1 Å². The van der Waals surface area contributed by atoms with Crippen molar-refractivity contribution in [1.29, 1.82) is 0 Å². The molecule has 2 N–H and O–H groups in total. The van der Waals surface area contributed by atoms with Crippen LogP contribution in [0.3, 0.4) is 0 Å². The second kappa shape index (κ2) is 7.70. The molecule has 0 radical (unpaired) electrons. The first kappa shape index (κ1) is 18.8. The van der Waals surface area contributed by atoms with Gasteiger partial charge in [-0.05, 0) is 42.5 Å². The number of rotatable bonds is 4. The fourth-order valence-electron chi connectivity index (χ4n) is 2.45. The minimum absolute atomic E-state index is 0.155. The Morgan fingerprint density at radius 2 is 1.93 bits per heavy atom. The van der Waals surface area contributed by atoms with Gasteiger partial charge in [-0.2, -0.15) is 0 Å². The van der Waals surface area contributed by atoms with Crippen LogP contribution < -0.4 is 11.2 Å². The molecular formula is C19H14FN3O5. The fraction of sp³-hybridized carbons (Fsp3) is 0.0526. The predicted octanol–water partition coefficient (Wildman–Crippen LogP) is 1.91. The number of aliphatic imine (C=N–C) groups is 1. The van der Waals surface area contributed by atoms with Gasteiger partial charge >= 0.3 is 11.7 Å². The van der Waals surface area contributed by atoms with Gasteiger partial charge in [0.2, 0.25) is 5.88 Å². The summed E-state index contributed by atoms with van der Waals surface area (Å²) in [5.74, 6) is -1.73. The smallest absolute Gasteiger partial charge is 0.337 e. The van der Waals surface area contributed by atoms with Crippen LogP contribution in [-0.2, 0) is 4.74 Å². The number of hydrogen-bond donors (Lipinski definition) is 2. The number of benzene rings is 2. The number of halogens is 1. The van der Waals surface area contributed by atoms with E-state index in [0.717, 1.165) is 22.9 Å². The minimum Gasteiger partial charge on any atom is -0.493 e. The molecule has 0 unspecified atom stereocenters. The van der Waals surface area contributed by atoms with E-state index in [1.54, 1.807) is 12.1 Å². The van der Waals surface area contributed by atoms with Crippen molar-refractivity contribution in [3.05, 3.63) is 86.3 Å². The van der Waals surface area contributed by atoms with Crippen LogP contribution in [0.4, 0.5) is 10.1 Å². The first-order valence-corrected chi connectivity index (χ1v) is 7.97. The zero-order valence-corrected chi connectivity index (χ0v) is 14.5. The molecule has 0 saturated carbocycles. The Balaban J connectivity index is 2.06. The third kappa shape index (κ3) is 3.73. The molecule has 0 saturated heterocycles. The van der Waals surface area contributed by atoms with E-state index < -0.39 is 28.9 Å². The van der Waals surface area contributed by atoms with Gasteiger partial charge in [0.15, 0.2) is 0 Å². The number of hydrogen-bond acceptors (Lipinski definition) is 6. The van der Waals surface area contributed by atoms with Crippen molar-refractivity contribution >= 4 is 17.9 Å². The Labute approximate surface area is 157 Å². The fourth-order valence-corrected chi connectivity index (χ4v) is 2.45. The summed E-state index contributed by atoms with van der Waals surface area (Å²) in [6, 6.07) is 10.9. The molecule has 9 heteroatoms. The molecule has 28 heavy (non-hydrogen) atoms. The number of H-pyrrole nitrogens is 1. The molecule has 8 nitrogen and oxygen atoms in total. The van der Waals surface area contributed by atoms with Crippen LogP contribution >= 0.6 is 0 Å². The molecule has 0 bridgehead atoms. The summed E-state index contributed by atoms with van der Waals surface area (Å²) in [7, 11) is 1.24. The maximum absolute atomic E-state index is 13.1. The van der Waals surface area contributed by atoms with E-state index in [1.807, 2.05) is 0 Å². The zero-order valence-electron chi connectivity index (χ0n) is 14.5. The summed E-state index contributed by atoms with van der Waals surface area (Å²) in [5, 5.41) is 10.4. The highest BCUT2D eigenvalue weighted by Crippen LogP contribution is 2.18. The summed E-state index contributed by atoms with van der Waals surface area (Å²) >= 11 is 0. The molecule has 0 atom stereocenters. The monoisotopic (exact) mass is 383 g/mol. The number of aromatic nitrogens is 2. The van der Waals surface area contributed by atoms with Crippen molar-refractivity contribution in [2.45, 2.75) is 0 Å². The third-order valence-corrected chi connectivity index (χ3v) is 3.82. The number of nitrogens with one attached hydrogen (secondary N) is 1. The van der Waals surface area contributed by atoms with E-state index in [0.29, 0.717) is 5.69 Å². The molecule has 3 rings (SSSR count). The van der Waals surface area contributed by atoms with Gasteiger partial charge < -0.3 is 9.84 Å². The second-order valence-electron chi connectivity index (χ2n) is 5.61. The molecule has 0 fully saturated rings. The second-order valence-corrected chi connectivity index (χ2v) is 5.61. The molecular weight excluding hydrogens is 369 g/mol. The Hall–Kier alpha value is -4.01. The van der Waals surface area contributed by atoms with Crippen molar-refractivity contribution in [2.75, 3.05) is 7.11 Å². The summed E-state index contributed by atoms with van der Waals surface area (Å²) < 4.78 is 18.5. The zero-order chi connectivity index (χ0) is 20.3.